The summed E-state index contributed by atoms with van der Waals surface area (Å²) in [5.41, 5.74) is 2.15. The standard InChI is InChI=1S/C20H31N3O.2ClH/c1-16(17-9-11-21-12-10-17)15-20(24)22-18-7-3-4-8-19(18)23-13-5-2-6-14-23;;/h3-4,7-8,16-17,21H,2,5-6,9-15H2,1H3,(H,22,24);2*1H. The highest BCUT2D eigenvalue weighted by molar-refractivity contribution is 5.94. The molecule has 2 aliphatic heterocycles. The minimum absolute atomic E-state index is 0. The van der Waals surface area contributed by atoms with Gasteiger partial charge in [0.1, 0.15) is 0 Å². The van der Waals surface area contributed by atoms with E-state index in [2.05, 4.69) is 34.6 Å². The molecule has 1 aromatic carbocycles. The van der Waals surface area contributed by atoms with Crippen LogP contribution in [0.25, 0.3) is 0 Å². The first-order valence-corrected chi connectivity index (χ1v) is 9.58. The van der Waals surface area contributed by atoms with Crippen molar-refractivity contribution in [3.8, 4) is 0 Å². The third-order valence-electron chi connectivity index (χ3n) is 5.57. The van der Waals surface area contributed by atoms with Crippen LogP contribution in [0.15, 0.2) is 24.3 Å². The zero-order valence-corrected chi connectivity index (χ0v) is 17.3. The predicted molar refractivity (Wildman–Crippen MR) is 115 cm³/mol. The highest BCUT2D eigenvalue weighted by atomic mass is 35.5. The molecule has 3 rings (SSSR count). The van der Waals surface area contributed by atoms with Gasteiger partial charge in [-0.05, 0) is 69.2 Å². The number of carbonyl (C=O) groups is 1. The zero-order chi connectivity index (χ0) is 16.8. The molecule has 0 saturated carbocycles. The first kappa shape index (κ1) is 23.1. The van der Waals surface area contributed by atoms with Gasteiger partial charge >= 0.3 is 0 Å². The van der Waals surface area contributed by atoms with Gasteiger partial charge in [0.25, 0.3) is 0 Å². The number of nitrogens with one attached hydrogen (secondary N) is 2. The molecule has 6 heteroatoms. The van der Waals surface area contributed by atoms with Gasteiger partial charge in [0.15, 0.2) is 0 Å². The van der Waals surface area contributed by atoms with Crippen molar-refractivity contribution >= 4 is 42.1 Å². The Kier molecular flexibility index (Phi) is 10.4. The molecule has 26 heavy (non-hydrogen) atoms. The lowest BCUT2D eigenvalue weighted by Crippen LogP contribution is -2.32. The molecule has 148 valence electrons. The number of piperidine rings is 2. The van der Waals surface area contributed by atoms with Gasteiger partial charge in [-0.1, -0.05) is 19.1 Å². The molecule has 2 aliphatic rings. The topological polar surface area (TPSA) is 44.4 Å². The van der Waals surface area contributed by atoms with Crippen molar-refractivity contribution in [2.24, 2.45) is 11.8 Å². The van der Waals surface area contributed by atoms with E-state index in [1.54, 1.807) is 0 Å². The average molecular weight is 402 g/mol. The second kappa shape index (κ2) is 11.7. The van der Waals surface area contributed by atoms with E-state index in [1.807, 2.05) is 12.1 Å². The first-order valence-electron chi connectivity index (χ1n) is 9.58. The molecule has 0 aromatic heterocycles. The minimum Gasteiger partial charge on any atom is -0.370 e. The molecular weight excluding hydrogens is 369 g/mol. The van der Waals surface area contributed by atoms with Gasteiger partial charge in [-0.2, -0.15) is 0 Å². The van der Waals surface area contributed by atoms with Gasteiger partial charge in [-0.25, -0.2) is 0 Å². The fourth-order valence-electron chi connectivity index (χ4n) is 4.06. The van der Waals surface area contributed by atoms with Crippen LogP contribution in [0.1, 0.15) is 45.4 Å². The number of nitrogens with zero attached hydrogens (tertiary/aromatic N) is 1. The number of hydrogen-bond donors (Lipinski definition) is 2. The van der Waals surface area contributed by atoms with Gasteiger partial charge < -0.3 is 15.5 Å². The number of carbonyl (C=O) groups excluding carboxylic acids is 1. The maximum absolute atomic E-state index is 12.6. The fraction of sp³-hybridized carbons (Fsp3) is 0.650. The number of rotatable bonds is 5. The van der Waals surface area contributed by atoms with Crippen molar-refractivity contribution in [1.29, 1.82) is 0 Å². The smallest absolute Gasteiger partial charge is 0.224 e. The largest absolute Gasteiger partial charge is 0.370 e. The second-order valence-electron chi connectivity index (χ2n) is 7.38. The summed E-state index contributed by atoms with van der Waals surface area (Å²) in [6.07, 6.45) is 6.82. The van der Waals surface area contributed by atoms with Gasteiger partial charge in [0.2, 0.25) is 5.91 Å². The number of para-hydroxylation sites is 2. The Labute approximate surface area is 170 Å². The summed E-state index contributed by atoms with van der Waals surface area (Å²) in [4.78, 5) is 15.0. The molecule has 1 unspecified atom stereocenters. The van der Waals surface area contributed by atoms with Crippen molar-refractivity contribution in [3.05, 3.63) is 24.3 Å². The Morgan fingerprint density at radius 3 is 2.50 bits per heavy atom. The molecule has 1 aromatic rings. The van der Waals surface area contributed by atoms with Crippen LogP contribution in [0.2, 0.25) is 0 Å². The Morgan fingerprint density at radius 1 is 1.15 bits per heavy atom. The summed E-state index contributed by atoms with van der Waals surface area (Å²) in [7, 11) is 0. The Bertz CT molecular complexity index is 544. The lowest BCUT2D eigenvalue weighted by atomic mass is 9.84. The van der Waals surface area contributed by atoms with Crippen LogP contribution < -0.4 is 15.5 Å². The van der Waals surface area contributed by atoms with E-state index in [0.717, 1.165) is 31.9 Å². The Hall–Kier alpha value is -0.970. The number of hydrogen-bond acceptors (Lipinski definition) is 3. The number of anilines is 2. The van der Waals surface area contributed by atoms with E-state index >= 15 is 0 Å². The fourth-order valence-corrected chi connectivity index (χ4v) is 4.06. The van der Waals surface area contributed by atoms with Crippen molar-refractivity contribution in [3.63, 3.8) is 0 Å². The molecule has 2 fully saturated rings. The molecule has 0 bridgehead atoms. The quantitative estimate of drug-likeness (QED) is 0.763. The second-order valence-corrected chi connectivity index (χ2v) is 7.38. The van der Waals surface area contributed by atoms with Crippen molar-refractivity contribution in [1.82, 2.24) is 5.32 Å². The molecule has 2 saturated heterocycles. The number of benzene rings is 1. The molecule has 0 radical (unpaired) electrons. The first-order chi connectivity index (χ1) is 11.7. The number of halogens is 2. The average Bonchev–Trinajstić information content (AvgIpc) is 2.63. The van der Waals surface area contributed by atoms with E-state index in [4.69, 9.17) is 0 Å². The van der Waals surface area contributed by atoms with E-state index in [9.17, 15) is 4.79 Å². The SMILES string of the molecule is CC(CC(=O)Nc1ccccc1N1CCCCC1)C1CCNCC1.Cl.Cl. The molecule has 1 amide bonds. The summed E-state index contributed by atoms with van der Waals surface area (Å²) in [6.45, 7) is 6.60. The summed E-state index contributed by atoms with van der Waals surface area (Å²) in [6, 6.07) is 8.25. The van der Waals surface area contributed by atoms with Crippen LogP contribution in [0.4, 0.5) is 11.4 Å². The normalized spacial score (nSPS) is 19.0. The number of amides is 1. The molecule has 0 spiro atoms. The van der Waals surface area contributed by atoms with Crippen LogP contribution in [0.5, 0.6) is 0 Å². The maximum atomic E-state index is 12.6. The third kappa shape index (κ3) is 6.33. The van der Waals surface area contributed by atoms with Gasteiger partial charge in [-0.3, -0.25) is 4.79 Å². The molecule has 4 nitrogen and oxygen atoms in total. The van der Waals surface area contributed by atoms with Crippen molar-refractivity contribution in [2.45, 2.75) is 45.4 Å². The maximum Gasteiger partial charge on any atom is 0.224 e. The molecule has 2 heterocycles. The Balaban J connectivity index is 0.00000169. The van der Waals surface area contributed by atoms with E-state index in [-0.39, 0.29) is 30.7 Å². The summed E-state index contributed by atoms with van der Waals surface area (Å²) in [5.74, 6) is 1.29. The predicted octanol–water partition coefficient (Wildman–Crippen LogP) is 4.48. The van der Waals surface area contributed by atoms with Gasteiger partial charge in [0, 0.05) is 19.5 Å². The zero-order valence-electron chi connectivity index (χ0n) is 15.7. The van der Waals surface area contributed by atoms with Crippen molar-refractivity contribution < 1.29 is 4.79 Å². The van der Waals surface area contributed by atoms with Crippen LogP contribution in [0, 0.1) is 11.8 Å². The third-order valence-corrected chi connectivity index (χ3v) is 5.57. The van der Waals surface area contributed by atoms with Crippen molar-refractivity contribution in [2.75, 3.05) is 36.4 Å². The van der Waals surface area contributed by atoms with Crippen LogP contribution >= 0.6 is 24.8 Å². The molecule has 1 atom stereocenters. The van der Waals surface area contributed by atoms with Gasteiger partial charge in [-0.15, -0.1) is 24.8 Å². The molecule has 2 N–H and O–H groups in total. The van der Waals surface area contributed by atoms with Gasteiger partial charge in [0.05, 0.1) is 11.4 Å². The lowest BCUT2D eigenvalue weighted by Gasteiger charge is -2.31. The molecule has 0 aliphatic carbocycles. The molecular formula is C20H33Cl2N3O. The Morgan fingerprint density at radius 2 is 1.81 bits per heavy atom. The summed E-state index contributed by atoms with van der Waals surface area (Å²) in [5, 5.41) is 6.58. The summed E-state index contributed by atoms with van der Waals surface area (Å²) >= 11 is 0. The van der Waals surface area contributed by atoms with Crippen LogP contribution in [0.3, 0.4) is 0 Å². The van der Waals surface area contributed by atoms with E-state index in [1.165, 1.54) is 37.8 Å². The van der Waals surface area contributed by atoms with E-state index in [0.29, 0.717) is 18.3 Å². The van der Waals surface area contributed by atoms with Crippen LogP contribution in [-0.4, -0.2) is 32.1 Å². The highest BCUT2D eigenvalue weighted by Crippen LogP contribution is 2.29. The highest BCUT2D eigenvalue weighted by Gasteiger charge is 2.22. The van der Waals surface area contributed by atoms with E-state index < -0.39 is 0 Å². The monoisotopic (exact) mass is 401 g/mol. The minimum atomic E-state index is 0. The lowest BCUT2D eigenvalue weighted by molar-refractivity contribution is -0.117. The van der Waals surface area contributed by atoms with Crippen LogP contribution in [-0.2, 0) is 4.79 Å². The summed E-state index contributed by atoms with van der Waals surface area (Å²) < 4.78 is 0.